The predicted molar refractivity (Wildman–Crippen MR) is 95.2 cm³/mol. The van der Waals surface area contributed by atoms with Crippen LogP contribution in [0.3, 0.4) is 0 Å². The van der Waals surface area contributed by atoms with E-state index in [4.69, 9.17) is 17.3 Å². The Balaban J connectivity index is 1.76. The third-order valence-corrected chi connectivity index (χ3v) is 4.95. The quantitative estimate of drug-likeness (QED) is 0.600. The number of primary amides is 1. The number of carbonyl (C=O) groups excluding carboxylic acids is 1. The van der Waals surface area contributed by atoms with Crippen molar-refractivity contribution in [3.8, 4) is 0 Å². The van der Waals surface area contributed by atoms with Gasteiger partial charge in [0.25, 0.3) is 0 Å². The van der Waals surface area contributed by atoms with E-state index >= 15 is 0 Å². The number of nitrogens with two attached hydrogens (primary N) is 1. The van der Waals surface area contributed by atoms with E-state index in [0.717, 1.165) is 0 Å². The molecule has 1 saturated carbocycles. The minimum Gasteiger partial charge on any atom is -0.367 e. The Morgan fingerprint density at radius 3 is 2.41 bits per heavy atom. The van der Waals surface area contributed by atoms with Gasteiger partial charge in [-0.3, -0.25) is 4.79 Å². The van der Waals surface area contributed by atoms with Gasteiger partial charge in [0.15, 0.2) is 17.5 Å². The number of anilines is 1. The van der Waals surface area contributed by atoms with Gasteiger partial charge in [-0.25, -0.2) is 23.1 Å². The summed E-state index contributed by atoms with van der Waals surface area (Å²) in [4.78, 5) is 19.8. The van der Waals surface area contributed by atoms with Crippen molar-refractivity contribution in [1.29, 1.82) is 0 Å². The van der Waals surface area contributed by atoms with Gasteiger partial charge in [0.05, 0.1) is 0 Å². The zero-order chi connectivity index (χ0) is 19.7. The molecule has 0 bridgehead atoms. The van der Waals surface area contributed by atoms with Gasteiger partial charge in [0, 0.05) is 23.2 Å². The van der Waals surface area contributed by atoms with Crippen LogP contribution in [0.1, 0.15) is 53.3 Å². The molecule has 0 radical (unpaired) electrons. The number of nitrogens with one attached hydrogen (secondary N) is 1. The molecule has 2 aromatic rings. The fourth-order valence-electron chi connectivity index (χ4n) is 3.55. The second-order valence-corrected chi connectivity index (χ2v) is 7.02. The summed E-state index contributed by atoms with van der Waals surface area (Å²) in [6.07, 6.45) is 2.22. The first kappa shape index (κ1) is 19.4. The predicted octanol–water partition coefficient (Wildman–Crippen LogP) is 4.09. The molecule has 1 aromatic carbocycles. The Hall–Kier alpha value is -2.35. The number of nitrogens with zero attached hydrogens (tertiary/aromatic N) is 2. The number of benzene rings is 1. The van der Waals surface area contributed by atoms with Crippen LogP contribution in [0.25, 0.3) is 0 Å². The highest BCUT2D eigenvalue weighted by molar-refractivity contribution is 6.29. The number of rotatable bonds is 4. The zero-order valence-corrected chi connectivity index (χ0v) is 15.3. The van der Waals surface area contributed by atoms with Crippen molar-refractivity contribution in [3.63, 3.8) is 0 Å². The molecule has 9 heteroatoms. The molecule has 1 heterocycles. The highest BCUT2D eigenvalue weighted by Gasteiger charge is 2.30. The van der Waals surface area contributed by atoms with Crippen LogP contribution in [-0.2, 0) is 0 Å². The van der Waals surface area contributed by atoms with Crippen LogP contribution >= 0.6 is 11.6 Å². The van der Waals surface area contributed by atoms with E-state index in [0.29, 0.717) is 48.5 Å². The normalized spacial score (nSPS) is 19.7. The van der Waals surface area contributed by atoms with Crippen LogP contribution in [0.2, 0.25) is 5.15 Å². The molecule has 144 valence electrons. The van der Waals surface area contributed by atoms with Crippen molar-refractivity contribution in [3.05, 3.63) is 51.7 Å². The number of hydrogen-bond donors (Lipinski definition) is 2. The van der Waals surface area contributed by atoms with Gasteiger partial charge in [0.2, 0.25) is 5.91 Å². The summed E-state index contributed by atoms with van der Waals surface area (Å²) in [5, 5.41) is 3.58. The Morgan fingerprint density at radius 2 is 1.81 bits per heavy atom. The summed E-state index contributed by atoms with van der Waals surface area (Å²) < 4.78 is 41.5. The number of halogens is 4. The minimum atomic E-state index is -1.58. The molecule has 0 saturated heterocycles. The van der Waals surface area contributed by atoms with Crippen LogP contribution in [0.4, 0.5) is 19.0 Å². The smallest absolute Gasteiger partial charge is 0.249 e. The Labute approximate surface area is 159 Å². The highest BCUT2D eigenvalue weighted by Crippen LogP contribution is 2.38. The maximum atomic E-state index is 14.3. The number of carbonyl (C=O) groups is 1. The van der Waals surface area contributed by atoms with Gasteiger partial charge < -0.3 is 11.1 Å². The molecular formula is C18H18ClF3N4O. The maximum absolute atomic E-state index is 14.3. The molecule has 0 unspecified atom stereocenters. The first-order chi connectivity index (χ1) is 12.8. The van der Waals surface area contributed by atoms with Crippen LogP contribution in [0.15, 0.2) is 12.1 Å². The Bertz CT molecular complexity index is 865. The molecule has 0 aliphatic heterocycles. The molecule has 5 nitrogen and oxygen atoms in total. The largest absolute Gasteiger partial charge is 0.367 e. The van der Waals surface area contributed by atoms with E-state index in [2.05, 4.69) is 15.3 Å². The van der Waals surface area contributed by atoms with Crippen molar-refractivity contribution < 1.29 is 18.0 Å². The maximum Gasteiger partial charge on any atom is 0.249 e. The SMILES string of the molecule is Cc1nc(Cl)cc(NC2CCC(c3c(C(N)=O)cc(F)c(F)c3F)CC2)n1. The summed E-state index contributed by atoms with van der Waals surface area (Å²) in [6.45, 7) is 1.73. The van der Waals surface area contributed by atoms with E-state index < -0.39 is 29.3 Å². The van der Waals surface area contributed by atoms with Crippen LogP contribution in [0, 0.1) is 24.4 Å². The van der Waals surface area contributed by atoms with Crippen LogP contribution in [-0.4, -0.2) is 21.9 Å². The Morgan fingerprint density at radius 1 is 1.15 bits per heavy atom. The monoisotopic (exact) mass is 398 g/mol. The fourth-order valence-corrected chi connectivity index (χ4v) is 3.78. The Kier molecular flexibility index (Phi) is 5.55. The van der Waals surface area contributed by atoms with Gasteiger partial charge >= 0.3 is 0 Å². The lowest BCUT2D eigenvalue weighted by molar-refractivity contribution is 0.0997. The average Bonchev–Trinajstić information content (AvgIpc) is 2.59. The average molecular weight is 399 g/mol. The van der Waals surface area contributed by atoms with Gasteiger partial charge in [-0.15, -0.1) is 0 Å². The lowest BCUT2D eigenvalue weighted by Gasteiger charge is -2.30. The molecule has 27 heavy (non-hydrogen) atoms. The molecule has 0 atom stereocenters. The third kappa shape index (κ3) is 4.16. The topological polar surface area (TPSA) is 80.9 Å². The molecule has 1 fully saturated rings. The van der Waals surface area contributed by atoms with E-state index in [9.17, 15) is 18.0 Å². The molecule has 1 aliphatic rings. The summed E-state index contributed by atoms with van der Waals surface area (Å²) in [5.41, 5.74) is 4.79. The molecular weight excluding hydrogens is 381 g/mol. The first-order valence-electron chi connectivity index (χ1n) is 8.51. The van der Waals surface area contributed by atoms with Crippen LogP contribution in [0.5, 0.6) is 0 Å². The van der Waals surface area contributed by atoms with E-state index in [-0.39, 0.29) is 17.2 Å². The molecule has 1 aromatic heterocycles. The van der Waals surface area contributed by atoms with Crippen molar-refractivity contribution in [2.24, 2.45) is 5.73 Å². The minimum absolute atomic E-state index is 0.0528. The lowest BCUT2D eigenvalue weighted by atomic mass is 9.79. The molecule has 3 rings (SSSR count). The van der Waals surface area contributed by atoms with Gasteiger partial charge in [-0.05, 0) is 44.6 Å². The summed E-state index contributed by atoms with van der Waals surface area (Å²) in [5.74, 6) is -4.61. The van der Waals surface area contributed by atoms with E-state index in [1.807, 2.05) is 0 Å². The molecule has 3 N–H and O–H groups in total. The third-order valence-electron chi connectivity index (χ3n) is 4.76. The van der Waals surface area contributed by atoms with Crippen molar-refractivity contribution in [2.75, 3.05) is 5.32 Å². The molecule has 1 aliphatic carbocycles. The van der Waals surface area contributed by atoms with Gasteiger partial charge in [0.1, 0.15) is 16.8 Å². The zero-order valence-electron chi connectivity index (χ0n) is 14.5. The van der Waals surface area contributed by atoms with Crippen LogP contribution < -0.4 is 11.1 Å². The van der Waals surface area contributed by atoms with Crippen molar-refractivity contribution >= 4 is 23.3 Å². The summed E-state index contributed by atoms with van der Waals surface area (Å²) in [7, 11) is 0. The highest BCUT2D eigenvalue weighted by atomic mass is 35.5. The number of amides is 1. The summed E-state index contributed by atoms with van der Waals surface area (Å²) in [6, 6.07) is 2.34. The second kappa shape index (κ2) is 7.72. The molecule has 0 spiro atoms. The van der Waals surface area contributed by atoms with Gasteiger partial charge in [-0.2, -0.15) is 0 Å². The lowest BCUT2D eigenvalue weighted by Crippen LogP contribution is -2.28. The number of hydrogen-bond acceptors (Lipinski definition) is 4. The first-order valence-corrected chi connectivity index (χ1v) is 8.89. The number of aryl methyl sites for hydroxylation is 1. The van der Waals surface area contributed by atoms with E-state index in [1.54, 1.807) is 13.0 Å². The fraction of sp³-hybridized carbons (Fsp3) is 0.389. The van der Waals surface area contributed by atoms with Crippen molar-refractivity contribution in [2.45, 2.75) is 44.6 Å². The van der Waals surface area contributed by atoms with E-state index in [1.165, 1.54) is 0 Å². The molecule has 1 amide bonds. The number of aromatic nitrogens is 2. The van der Waals surface area contributed by atoms with Crippen molar-refractivity contribution in [1.82, 2.24) is 9.97 Å². The second-order valence-electron chi connectivity index (χ2n) is 6.63. The van der Waals surface area contributed by atoms with Gasteiger partial charge in [-0.1, -0.05) is 11.6 Å². The standard InChI is InChI=1S/C18H18ClF3N4O/c1-8-24-13(19)7-14(25-8)26-10-4-2-9(3-5-10)15-11(18(23)27)6-12(20)16(21)17(15)22/h6-7,9-10H,2-5H2,1H3,(H2,23,27)(H,24,25,26). The summed E-state index contributed by atoms with van der Waals surface area (Å²) >= 11 is 5.92.